The van der Waals surface area contributed by atoms with Crippen LogP contribution in [-0.4, -0.2) is 10.1 Å². The van der Waals surface area contributed by atoms with Crippen LogP contribution in [0.2, 0.25) is 0 Å². The van der Waals surface area contributed by atoms with Crippen LogP contribution in [-0.2, 0) is 0 Å². The number of aromatic hydroxyl groups is 1. The predicted molar refractivity (Wildman–Crippen MR) is 54.7 cm³/mol. The smallest absolute Gasteiger partial charge is 0.280 e. The van der Waals surface area contributed by atoms with Gasteiger partial charge in [-0.1, -0.05) is 23.5 Å². The summed E-state index contributed by atoms with van der Waals surface area (Å²) in [6, 6.07) is 6.70. The molecule has 0 unspecified atom stereocenters. The minimum atomic E-state index is 0.0845. The Morgan fingerprint density at radius 1 is 1.36 bits per heavy atom. The Morgan fingerprint density at radius 2 is 2.14 bits per heavy atom. The number of para-hydroxylation sites is 2. The van der Waals surface area contributed by atoms with Crippen molar-refractivity contribution in [2.45, 2.75) is 0 Å². The molecule has 2 rings (SSSR count). The van der Waals surface area contributed by atoms with E-state index in [1.54, 1.807) is 24.3 Å². The van der Waals surface area contributed by atoms with Crippen LogP contribution in [0, 0.1) is 0 Å². The lowest BCUT2D eigenvalue weighted by molar-refractivity contribution is 0.410. The molecule has 1 heterocycles. The van der Waals surface area contributed by atoms with Crippen molar-refractivity contribution >= 4 is 16.3 Å². The van der Waals surface area contributed by atoms with Crippen molar-refractivity contribution in [3.8, 4) is 16.7 Å². The van der Waals surface area contributed by atoms with Crippen LogP contribution in [0.4, 0.5) is 5.00 Å². The molecular weight excluding hydrogens is 200 g/mol. The first kappa shape index (κ1) is 8.83. The predicted octanol–water partition coefficient (Wildman–Crippen LogP) is 2.22. The van der Waals surface area contributed by atoms with Gasteiger partial charge in [0.25, 0.3) is 5.19 Å². The highest BCUT2D eigenvalue weighted by molar-refractivity contribution is 7.17. The van der Waals surface area contributed by atoms with E-state index in [0.717, 1.165) is 0 Å². The zero-order chi connectivity index (χ0) is 9.97. The highest BCUT2D eigenvalue weighted by Crippen LogP contribution is 2.32. The summed E-state index contributed by atoms with van der Waals surface area (Å²) in [5.74, 6) is 0.461. The molecule has 0 atom stereocenters. The summed E-state index contributed by atoms with van der Waals surface area (Å²) < 4.78 is 5.31. The Labute approximate surface area is 84.6 Å². The molecule has 0 aliphatic heterocycles. The molecule has 0 saturated carbocycles. The van der Waals surface area contributed by atoms with Gasteiger partial charge in [0, 0.05) is 0 Å². The fourth-order valence-electron chi connectivity index (χ4n) is 0.955. The topological polar surface area (TPSA) is 68.4 Å². The summed E-state index contributed by atoms with van der Waals surface area (Å²) >= 11 is 1.22. The SMILES string of the molecule is Nc1cnc(Oc2ccccc2O)s1. The van der Waals surface area contributed by atoms with Crippen LogP contribution in [0.1, 0.15) is 0 Å². The number of rotatable bonds is 2. The molecule has 0 spiro atoms. The molecule has 0 bridgehead atoms. The largest absolute Gasteiger partial charge is 0.504 e. The van der Waals surface area contributed by atoms with E-state index in [1.807, 2.05) is 0 Å². The number of nitrogens with two attached hydrogens (primary N) is 1. The van der Waals surface area contributed by atoms with Crippen LogP contribution in [0.25, 0.3) is 0 Å². The third-order valence-electron chi connectivity index (χ3n) is 1.56. The number of aromatic nitrogens is 1. The molecule has 0 aliphatic carbocycles. The van der Waals surface area contributed by atoms with Gasteiger partial charge in [-0.15, -0.1) is 0 Å². The average molecular weight is 208 g/mol. The minimum absolute atomic E-state index is 0.0845. The maximum atomic E-state index is 9.40. The molecule has 2 aromatic rings. The fraction of sp³-hybridized carbons (Fsp3) is 0. The molecule has 0 aliphatic rings. The van der Waals surface area contributed by atoms with Gasteiger partial charge in [0.2, 0.25) is 0 Å². The first-order valence-electron chi connectivity index (χ1n) is 3.93. The van der Waals surface area contributed by atoms with E-state index in [-0.39, 0.29) is 5.75 Å². The molecule has 0 amide bonds. The Morgan fingerprint density at radius 3 is 2.79 bits per heavy atom. The Kier molecular flexibility index (Phi) is 2.24. The van der Waals surface area contributed by atoms with Crippen LogP contribution in [0.3, 0.4) is 0 Å². The van der Waals surface area contributed by atoms with E-state index >= 15 is 0 Å². The molecule has 0 saturated heterocycles. The number of phenolic OH excluding ortho intramolecular Hbond substituents is 1. The number of nitrogen functional groups attached to an aromatic ring is 1. The molecule has 3 N–H and O–H groups in total. The lowest BCUT2D eigenvalue weighted by Crippen LogP contribution is -1.82. The fourth-order valence-corrected chi connectivity index (χ4v) is 1.50. The summed E-state index contributed by atoms with van der Waals surface area (Å²) in [5.41, 5.74) is 5.48. The summed E-state index contributed by atoms with van der Waals surface area (Å²) in [7, 11) is 0. The molecule has 0 fully saturated rings. The number of benzene rings is 1. The van der Waals surface area contributed by atoms with Crippen LogP contribution in [0.15, 0.2) is 30.5 Å². The maximum absolute atomic E-state index is 9.40. The Bertz CT molecular complexity index is 442. The van der Waals surface area contributed by atoms with Crippen molar-refractivity contribution in [1.29, 1.82) is 0 Å². The maximum Gasteiger partial charge on any atom is 0.280 e. The molecule has 14 heavy (non-hydrogen) atoms. The van der Waals surface area contributed by atoms with E-state index in [2.05, 4.69) is 4.98 Å². The van der Waals surface area contributed by atoms with Gasteiger partial charge in [0.1, 0.15) is 5.00 Å². The van der Waals surface area contributed by atoms with Crippen LogP contribution >= 0.6 is 11.3 Å². The van der Waals surface area contributed by atoms with Crippen LogP contribution < -0.4 is 10.5 Å². The lowest BCUT2D eigenvalue weighted by Gasteiger charge is -2.02. The Balaban J connectivity index is 2.23. The van der Waals surface area contributed by atoms with E-state index < -0.39 is 0 Å². The van der Waals surface area contributed by atoms with Gasteiger partial charge < -0.3 is 15.6 Å². The lowest BCUT2D eigenvalue weighted by atomic mass is 10.3. The first-order valence-corrected chi connectivity index (χ1v) is 4.74. The standard InChI is InChI=1S/C9H8N2O2S/c10-8-5-11-9(14-8)13-7-4-2-1-3-6(7)12/h1-5,12H,10H2. The van der Waals surface area contributed by atoms with Crippen molar-refractivity contribution in [2.24, 2.45) is 0 Å². The van der Waals surface area contributed by atoms with Gasteiger partial charge in [-0.05, 0) is 12.1 Å². The molecule has 72 valence electrons. The van der Waals surface area contributed by atoms with E-state index in [1.165, 1.54) is 17.5 Å². The van der Waals surface area contributed by atoms with Crippen molar-refractivity contribution in [2.75, 3.05) is 5.73 Å². The van der Waals surface area contributed by atoms with Gasteiger partial charge in [-0.3, -0.25) is 0 Å². The number of nitrogens with zero attached hydrogens (tertiary/aromatic N) is 1. The van der Waals surface area contributed by atoms with E-state index in [9.17, 15) is 5.11 Å². The zero-order valence-corrected chi connectivity index (χ0v) is 7.99. The normalized spacial score (nSPS) is 10.0. The average Bonchev–Trinajstić information content (AvgIpc) is 2.56. The van der Waals surface area contributed by atoms with Gasteiger partial charge >= 0.3 is 0 Å². The second-order valence-corrected chi connectivity index (χ2v) is 3.62. The number of thiazole rings is 1. The Hall–Kier alpha value is -1.75. The number of hydrogen-bond donors (Lipinski definition) is 2. The molecule has 4 nitrogen and oxygen atoms in total. The third-order valence-corrected chi connectivity index (χ3v) is 2.27. The summed E-state index contributed by atoms with van der Waals surface area (Å²) in [6.07, 6.45) is 1.51. The monoisotopic (exact) mass is 208 g/mol. The van der Waals surface area contributed by atoms with Gasteiger partial charge in [0.05, 0.1) is 6.20 Å². The summed E-state index contributed by atoms with van der Waals surface area (Å²) in [5, 5.41) is 10.4. The molecule has 5 heteroatoms. The van der Waals surface area contributed by atoms with Gasteiger partial charge in [0.15, 0.2) is 11.5 Å². The summed E-state index contributed by atoms with van der Waals surface area (Å²) in [4.78, 5) is 3.91. The van der Waals surface area contributed by atoms with Crippen molar-refractivity contribution in [3.05, 3.63) is 30.5 Å². The van der Waals surface area contributed by atoms with Crippen molar-refractivity contribution in [1.82, 2.24) is 4.98 Å². The van der Waals surface area contributed by atoms with Crippen LogP contribution in [0.5, 0.6) is 16.7 Å². The molecule has 1 aromatic heterocycles. The molecular formula is C9H8N2O2S. The third kappa shape index (κ3) is 1.77. The zero-order valence-electron chi connectivity index (χ0n) is 7.18. The highest BCUT2D eigenvalue weighted by Gasteiger charge is 2.05. The highest BCUT2D eigenvalue weighted by atomic mass is 32.1. The number of hydrogen-bond acceptors (Lipinski definition) is 5. The minimum Gasteiger partial charge on any atom is -0.504 e. The summed E-state index contributed by atoms with van der Waals surface area (Å²) in [6.45, 7) is 0. The van der Waals surface area contributed by atoms with E-state index in [4.69, 9.17) is 10.5 Å². The van der Waals surface area contributed by atoms with Gasteiger partial charge in [-0.25, -0.2) is 4.98 Å². The molecule has 1 aromatic carbocycles. The second-order valence-electron chi connectivity index (χ2n) is 2.60. The quantitative estimate of drug-likeness (QED) is 0.794. The second kappa shape index (κ2) is 3.55. The number of phenols is 1. The molecule has 0 radical (unpaired) electrons. The van der Waals surface area contributed by atoms with Crippen molar-refractivity contribution < 1.29 is 9.84 Å². The van der Waals surface area contributed by atoms with Gasteiger partial charge in [-0.2, -0.15) is 0 Å². The number of anilines is 1. The first-order chi connectivity index (χ1) is 6.75. The van der Waals surface area contributed by atoms with Crippen molar-refractivity contribution in [3.63, 3.8) is 0 Å². The van der Waals surface area contributed by atoms with E-state index in [0.29, 0.717) is 15.9 Å². The number of ether oxygens (including phenoxy) is 1.